The summed E-state index contributed by atoms with van der Waals surface area (Å²) < 4.78 is 124. The molecule has 0 N–H and O–H groups in total. The average molecular weight is 685 g/mol. The summed E-state index contributed by atoms with van der Waals surface area (Å²) in [4.78, 5) is 26.5. The smallest absolute Gasteiger partial charge is 0.432 e. The lowest BCUT2D eigenvalue weighted by atomic mass is 10.0. The molecule has 248 valence electrons. The number of benzene rings is 1. The van der Waals surface area contributed by atoms with Gasteiger partial charge in [0, 0.05) is 25.9 Å². The zero-order valence-electron chi connectivity index (χ0n) is 23.5. The molecule has 2 aromatic heterocycles. The van der Waals surface area contributed by atoms with Gasteiger partial charge in [-0.25, -0.2) is 14.2 Å². The predicted molar refractivity (Wildman–Crippen MR) is 139 cm³/mol. The fourth-order valence-electron chi connectivity index (χ4n) is 4.30. The summed E-state index contributed by atoms with van der Waals surface area (Å²) in [6, 6.07) is 5.72. The average Bonchev–Trinajstić information content (AvgIpc) is 3.43. The van der Waals surface area contributed by atoms with E-state index in [1.54, 1.807) is 0 Å². The molecular formula is C26H21ClF8N6O5. The van der Waals surface area contributed by atoms with Gasteiger partial charge in [0.15, 0.2) is 18.2 Å². The molecule has 1 aromatic carbocycles. The summed E-state index contributed by atoms with van der Waals surface area (Å²) in [5.41, 5.74) is -6.40. The zero-order chi connectivity index (χ0) is 34.2. The van der Waals surface area contributed by atoms with Gasteiger partial charge in [-0.3, -0.25) is 9.69 Å². The molecule has 0 bridgehead atoms. The van der Waals surface area contributed by atoms with Crippen LogP contribution in [0.3, 0.4) is 0 Å². The molecule has 0 saturated heterocycles. The van der Waals surface area contributed by atoms with Crippen molar-refractivity contribution in [2.75, 3.05) is 27.1 Å². The minimum Gasteiger partial charge on any atom is -0.432 e. The molecule has 2 heterocycles. The molecule has 3 aromatic rings. The van der Waals surface area contributed by atoms with Crippen LogP contribution in [0.15, 0.2) is 30.6 Å². The fraction of sp³-hybridized carbons (Fsp3) is 0.423. The monoisotopic (exact) mass is 684 g/mol. The van der Waals surface area contributed by atoms with Crippen molar-refractivity contribution in [3.8, 4) is 23.0 Å². The maximum Gasteiger partial charge on any atom is 0.510 e. The first kappa shape index (κ1) is 34.4. The van der Waals surface area contributed by atoms with Crippen molar-refractivity contribution in [2.24, 2.45) is 7.05 Å². The van der Waals surface area contributed by atoms with Crippen LogP contribution in [0.2, 0.25) is 5.02 Å². The number of aromatic nitrogens is 4. The van der Waals surface area contributed by atoms with Gasteiger partial charge in [0.1, 0.15) is 17.7 Å². The molecule has 20 heteroatoms. The number of nitriles is 1. The standard InChI is InChI=1S/C26H21ClF8N6O5/c1-39-20(18(25(30,31)32)19(38-39)24(28,29)26(33,34)35)41-11-15(10-37-41)14-3-4-17(27)16(9-14)21(42)40(23(12-36)5-6-23)13-46-22(43)45-8-7-44-2/h3-4,9-11H,5-8,13H2,1-2H3. The highest BCUT2D eigenvalue weighted by atomic mass is 35.5. The molecule has 11 nitrogen and oxygen atoms in total. The second-order valence-electron chi connectivity index (χ2n) is 9.85. The van der Waals surface area contributed by atoms with Gasteiger partial charge in [0.2, 0.25) is 0 Å². The molecule has 46 heavy (non-hydrogen) atoms. The Labute approximate surface area is 258 Å². The molecule has 1 aliphatic rings. The number of amides is 1. The number of alkyl halides is 8. The van der Waals surface area contributed by atoms with Crippen molar-refractivity contribution in [3.63, 3.8) is 0 Å². The first-order chi connectivity index (χ1) is 21.4. The molecule has 1 saturated carbocycles. The van der Waals surface area contributed by atoms with Gasteiger partial charge in [-0.1, -0.05) is 17.7 Å². The summed E-state index contributed by atoms with van der Waals surface area (Å²) >= 11 is 6.26. The van der Waals surface area contributed by atoms with E-state index in [0.29, 0.717) is 4.68 Å². The van der Waals surface area contributed by atoms with Gasteiger partial charge in [-0.2, -0.15) is 50.6 Å². The highest BCUT2D eigenvalue weighted by Crippen LogP contribution is 2.49. The van der Waals surface area contributed by atoms with E-state index in [4.69, 9.17) is 25.8 Å². The van der Waals surface area contributed by atoms with Crippen molar-refractivity contribution in [2.45, 2.75) is 36.7 Å². The molecule has 4 rings (SSSR count). The topological polar surface area (TPSA) is 124 Å². The summed E-state index contributed by atoms with van der Waals surface area (Å²) in [6.07, 6.45) is -10.9. The third kappa shape index (κ3) is 6.58. The second-order valence-corrected chi connectivity index (χ2v) is 10.3. The van der Waals surface area contributed by atoms with E-state index in [1.165, 1.54) is 25.3 Å². The van der Waals surface area contributed by atoms with Crippen LogP contribution >= 0.6 is 11.6 Å². The molecular weight excluding hydrogens is 664 g/mol. The van der Waals surface area contributed by atoms with Gasteiger partial charge < -0.3 is 14.2 Å². The normalized spacial score (nSPS) is 14.5. The maximum absolute atomic E-state index is 14.1. The Morgan fingerprint density at radius 3 is 2.33 bits per heavy atom. The Kier molecular flexibility index (Phi) is 9.28. The Bertz CT molecular complexity index is 1680. The van der Waals surface area contributed by atoms with E-state index in [0.717, 1.165) is 24.3 Å². The van der Waals surface area contributed by atoms with Gasteiger partial charge in [-0.15, -0.1) is 0 Å². The largest absolute Gasteiger partial charge is 0.510 e. The Hall–Kier alpha value is -4.44. The number of carbonyl (C=O) groups excluding carboxylic acids is 2. The summed E-state index contributed by atoms with van der Waals surface area (Å²) in [5.74, 6) is -8.06. The third-order valence-electron chi connectivity index (χ3n) is 6.80. The third-order valence-corrected chi connectivity index (χ3v) is 7.13. The van der Waals surface area contributed by atoms with Crippen LogP contribution in [0.5, 0.6) is 0 Å². The predicted octanol–water partition coefficient (Wildman–Crippen LogP) is 5.85. The van der Waals surface area contributed by atoms with E-state index in [9.17, 15) is 50.0 Å². The van der Waals surface area contributed by atoms with Crippen molar-refractivity contribution < 1.29 is 58.9 Å². The number of hydrogen-bond donors (Lipinski definition) is 0. The number of carbonyl (C=O) groups is 2. The Balaban J connectivity index is 1.69. The molecule has 0 radical (unpaired) electrons. The Morgan fingerprint density at radius 2 is 1.76 bits per heavy atom. The molecule has 0 unspecified atom stereocenters. The number of ether oxygens (including phenoxy) is 3. The van der Waals surface area contributed by atoms with Gasteiger partial charge in [0.05, 0.1) is 29.5 Å². The molecule has 0 spiro atoms. The van der Waals surface area contributed by atoms with Crippen LogP contribution in [0.25, 0.3) is 16.9 Å². The summed E-state index contributed by atoms with van der Waals surface area (Å²) in [5, 5.41) is 16.1. The second kappa shape index (κ2) is 12.4. The maximum atomic E-state index is 14.1. The lowest BCUT2D eigenvalue weighted by Gasteiger charge is -2.27. The summed E-state index contributed by atoms with van der Waals surface area (Å²) in [6.45, 7) is -0.788. The van der Waals surface area contributed by atoms with Crippen LogP contribution in [0, 0.1) is 11.3 Å². The summed E-state index contributed by atoms with van der Waals surface area (Å²) in [7, 11) is 2.10. The minimum atomic E-state index is -6.38. The van der Waals surface area contributed by atoms with Gasteiger partial charge >= 0.3 is 24.4 Å². The highest BCUT2D eigenvalue weighted by molar-refractivity contribution is 6.34. The number of aryl methyl sites for hydroxylation is 1. The minimum absolute atomic E-state index is 0.0184. The SMILES string of the molecule is COCCOC(=O)OCN(C(=O)c1cc(-c2cnn(-c3c(C(F)(F)F)c(C(F)(F)C(F)(F)F)nn3C)c2)ccc1Cl)C1(C#N)CC1. The first-order valence-corrected chi connectivity index (χ1v) is 13.2. The molecule has 1 aliphatic carbocycles. The van der Waals surface area contributed by atoms with E-state index in [-0.39, 0.29) is 52.5 Å². The lowest BCUT2D eigenvalue weighted by Crippen LogP contribution is -2.43. The van der Waals surface area contributed by atoms with Gasteiger partial charge in [-0.05, 0) is 30.5 Å². The molecule has 1 amide bonds. The van der Waals surface area contributed by atoms with Gasteiger partial charge in [0.25, 0.3) is 5.91 Å². The lowest BCUT2D eigenvalue weighted by molar-refractivity contribution is -0.292. The van der Waals surface area contributed by atoms with Crippen molar-refractivity contribution in [3.05, 3.63) is 52.4 Å². The quantitative estimate of drug-likeness (QED) is 0.113. The van der Waals surface area contributed by atoms with E-state index in [1.807, 2.05) is 6.07 Å². The van der Waals surface area contributed by atoms with E-state index < -0.39 is 59.7 Å². The first-order valence-electron chi connectivity index (χ1n) is 12.8. The number of methoxy groups -OCH3 is 1. The van der Waals surface area contributed by atoms with Crippen LogP contribution in [0.1, 0.15) is 34.5 Å². The van der Waals surface area contributed by atoms with Crippen LogP contribution in [-0.2, 0) is 33.4 Å². The van der Waals surface area contributed by atoms with Crippen molar-refractivity contribution in [1.29, 1.82) is 5.26 Å². The Morgan fingerprint density at radius 1 is 1.09 bits per heavy atom. The number of nitrogens with zero attached hydrogens (tertiary/aromatic N) is 6. The highest BCUT2D eigenvalue weighted by Gasteiger charge is 2.64. The fourth-order valence-corrected chi connectivity index (χ4v) is 4.50. The molecule has 0 atom stereocenters. The van der Waals surface area contributed by atoms with E-state index in [2.05, 4.69) is 10.2 Å². The molecule has 1 fully saturated rings. The molecule has 0 aliphatic heterocycles. The van der Waals surface area contributed by atoms with Crippen LogP contribution in [0.4, 0.5) is 39.9 Å². The van der Waals surface area contributed by atoms with Crippen LogP contribution in [-0.4, -0.2) is 75.3 Å². The number of rotatable bonds is 10. The van der Waals surface area contributed by atoms with Crippen LogP contribution < -0.4 is 0 Å². The van der Waals surface area contributed by atoms with Crippen molar-refractivity contribution >= 4 is 23.7 Å². The number of hydrogen-bond acceptors (Lipinski definition) is 8. The number of halogens is 9. The zero-order valence-corrected chi connectivity index (χ0v) is 24.3. The van der Waals surface area contributed by atoms with E-state index >= 15 is 0 Å². The van der Waals surface area contributed by atoms with Crippen molar-refractivity contribution in [1.82, 2.24) is 24.5 Å².